The molecule has 17 heavy (non-hydrogen) atoms. The maximum Gasteiger partial charge on any atom is 0.273 e. The highest BCUT2D eigenvalue weighted by molar-refractivity contribution is 7.89. The third-order valence-corrected chi connectivity index (χ3v) is 3.07. The number of aryl methyl sites for hydroxylation is 1. The number of carbonyl (C=O) groups excluding carboxylic acids is 1. The highest BCUT2D eigenvalue weighted by Gasteiger charge is 2.26. The van der Waals surface area contributed by atoms with Crippen LogP contribution in [-0.2, 0) is 16.4 Å². The van der Waals surface area contributed by atoms with Crippen molar-refractivity contribution in [3.05, 3.63) is 11.4 Å². The molecule has 0 aliphatic rings. The molecule has 1 aromatic heterocycles. The molecule has 1 aromatic rings. The number of nitrogens with zero attached hydrogens (tertiary/aromatic N) is 1. The summed E-state index contributed by atoms with van der Waals surface area (Å²) in [5.74, 6) is -0.556. The van der Waals surface area contributed by atoms with Crippen LogP contribution in [-0.4, -0.2) is 30.6 Å². The minimum atomic E-state index is -3.97. The number of nitrogens with one attached hydrogen (secondary N) is 2. The zero-order chi connectivity index (χ0) is 13.2. The Labute approximate surface area is 99.8 Å². The van der Waals surface area contributed by atoms with Crippen molar-refractivity contribution >= 4 is 15.9 Å². The number of aromatic nitrogens is 2. The fourth-order valence-corrected chi connectivity index (χ4v) is 2.34. The number of H-pyrrole nitrogens is 1. The monoisotopic (exact) mass is 260 g/mol. The Hall–Kier alpha value is -1.41. The molecule has 8 heteroatoms. The molecule has 0 saturated carbocycles. The SMILES string of the molecule is CCc1[nH]nc(C(=O)NC(C)C)c1S(N)(=O)=O. The van der Waals surface area contributed by atoms with E-state index < -0.39 is 15.9 Å². The number of hydrogen-bond donors (Lipinski definition) is 3. The van der Waals surface area contributed by atoms with Gasteiger partial charge in [-0.3, -0.25) is 9.89 Å². The summed E-state index contributed by atoms with van der Waals surface area (Å²) in [7, 11) is -3.97. The van der Waals surface area contributed by atoms with Crippen LogP contribution in [0.1, 0.15) is 37.0 Å². The molecule has 0 aliphatic heterocycles. The number of aromatic amines is 1. The van der Waals surface area contributed by atoms with Gasteiger partial charge in [0.15, 0.2) is 5.69 Å². The quantitative estimate of drug-likeness (QED) is 0.692. The predicted octanol–water partition coefficient (Wildman–Crippen LogP) is -0.242. The Balaban J connectivity index is 3.27. The smallest absolute Gasteiger partial charge is 0.273 e. The van der Waals surface area contributed by atoms with E-state index in [9.17, 15) is 13.2 Å². The van der Waals surface area contributed by atoms with Crippen LogP contribution < -0.4 is 10.5 Å². The van der Waals surface area contributed by atoms with E-state index in [0.717, 1.165) is 0 Å². The average molecular weight is 260 g/mol. The van der Waals surface area contributed by atoms with E-state index in [1.54, 1.807) is 20.8 Å². The van der Waals surface area contributed by atoms with Gasteiger partial charge in [-0.1, -0.05) is 6.92 Å². The largest absolute Gasteiger partial charge is 0.348 e. The van der Waals surface area contributed by atoms with E-state index in [-0.39, 0.29) is 16.6 Å². The Morgan fingerprint density at radius 2 is 2.12 bits per heavy atom. The minimum absolute atomic E-state index is 0.113. The van der Waals surface area contributed by atoms with Crippen LogP contribution in [0.5, 0.6) is 0 Å². The van der Waals surface area contributed by atoms with Gasteiger partial charge in [0, 0.05) is 6.04 Å². The van der Waals surface area contributed by atoms with E-state index in [2.05, 4.69) is 15.5 Å². The molecule has 4 N–H and O–H groups in total. The van der Waals surface area contributed by atoms with Crippen LogP contribution in [0.2, 0.25) is 0 Å². The molecule has 7 nitrogen and oxygen atoms in total. The zero-order valence-corrected chi connectivity index (χ0v) is 10.8. The highest BCUT2D eigenvalue weighted by atomic mass is 32.2. The average Bonchev–Trinajstić information content (AvgIpc) is 2.58. The van der Waals surface area contributed by atoms with Crippen molar-refractivity contribution in [1.82, 2.24) is 15.5 Å². The molecule has 0 spiro atoms. The fraction of sp³-hybridized carbons (Fsp3) is 0.556. The predicted molar refractivity (Wildman–Crippen MR) is 61.9 cm³/mol. The summed E-state index contributed by atoms with van der Waals surface area (Å²) in [6.45, 7) is 5.27. The maximum atomic E-state index is 11.7. The molecule has 0 radical (unpaired) electrons. The van der Waals surface area contributed by atoms with E-state index >= 15 is 0 Å². The molecule has 1 heterocycles. The van der Waals surface area contributed by atoms with E-state index in [0.29, 0.717) is 12.1 Å². The van der Waals surface area contributed by atoms with Crippen molar-refractivity contribution in [2.24, 2.45) is 5.14 Å². The molecule has 1 amide bonds. The first kappa shape index (κ1) is 13.7. The molecule has 0 fully saturated rings. The lowest BCUT2D eigenvalue weighted by Crippen LogP contribution is -2.32. The van der Waals surface area contributed by atoms with Crippen LogP contribution in [0.25, 0.3) is 0 Å². The summed E-state index contributed by atoms with van der Waals surface area (Å²) in [6.07, 6.45) is 0.397. The van der Waals surface area contributed by atoms with Crippen molar-refractivity contribution in [3.8, 4) is 0 Å². The zero-order valence-electron chi connectivity index (χ0n) is 9.94. The summed E-state index contributed by atoms with van der Waals surface area (Å²) in [6, 6.07) is -0.113. The molecular formula is C9H16N4O3S. The van der Waals surface area contributed by atoms with Gasteiger partial charge in [0.25, 0.3) is 5.91 Å². The first-order chi connectivity index (χ1) is 7.77. The van der Waals surface area contributed by atoms with Gasteiger partial charge < -0.3 is 5.32 Å². The Kier molecular flexibility index (Phi) is 3.89. The summed E-state index contributed by atoms with van der Waals surface area (Å²) >= 11 is 0. The summed E-state index contributed by atoms with van der Waals surface area (Å²) < 4.78 is 22.8. The molecule has 0 unspecified atom stereocenters. The van der Waals surface area contributed by atoms with Gasteiger partial charge in [0.1, 0.15) is 4.90 Å². The van der Waals surface area contributed by atoms with Crippen LogP contribution in [0.15, 0.2) is 4.90 Å². The third kappa shape index (κ3) is 3.04. The lowest BCUT2D eigenvalue weighted by molar-refractivity contribution is 0.0934. The van der Waals surface area contributed by atoms with Gasteiger partial charge in [0.05, 0.1) is 5.69 Å². The lowest BCUT2D eigenvalue weighted by atomic mass is 10.3. The molecular weight excluding hydrogens is 244 g/mol. The van der Waals surface area contributed by atoms with Crippen molar-refractivity contribution < 1.29 is 13.2 Å². The molecule has 0 atom stereocenters. The fourth-order valence-electron chi connectivity index (χ4n) is 1.40. The first-order valence-corrected chi connectivity index (χ1v) is 6.72. The summed E-state index contributed by atoms with van der Waals surface area (Å²) in [5.41, 5.74) is 0.152. The number of carbonyl (C=O) groups is 1. The van der Waals surface area contributed by atoms with Crippen LogP contribution in [0, 0.1) is 0 Å². The van der Waals surface area contributed by atoms with Crippen molar-refractivity contribution in [3.63, 3.8) is 0 Å². The number of hydrogen-bond acceptors (Lipinski definition) is 4. The van der Waals surface area contributed by atoms with Crippen molar-refractivity contribution in [2.75, 3.05) is 0 Å². The summed E-state index contributed by atoms with van der Waals surface area (Å²) in [5, 5.41) is 13.9. The van der Waals surface area contributed by atoms with Gasteiger partial charge in [-0.05, 0) is 20.3 Å². The van der Waals surface area contributed by atoms with Crippen LogP contribution >= 0.6 is 0 Å². The number of primary sulfonamides is 1. The lowest BCUT2D eigenvalue weighted by Gasteiger charge is -2.07. The van der Waals surface area contributed by atoms with Gasteiger partial charge in [-0.25, -0.2) is 13.6 Å². The molecule has 96 valence electrons. The van der Waals surface area contributed by atoms with Crippen LogP contribution in [0.4, 0.5) is 0 Å². The van der Waals surface area contributed by atoms with Gasteiger partial charge >= 0.3 is 0 Å². The summed E-state index contributed by atoms with van der Waals surface area (Å²) in [4.78, 5) is 11.5. The number of rotatable bonds is 4. The highest BCUT2D eigenvalue weighted by Crippen LogP contribution is 2.17. The van der Waals surface area contributed by atoms with Gasteiger partial charge in [0.2, 0.25) is 10.0 Å². The Morgan fingerprint density at radius 1 is 1.53 bits per heavy atom. The number of sulfonamides is 1. The Morgan fingerprint density at radius 3 is 2.53 bits per heavy atom. The van der Waals surface area contributed by atoms with E-state index in [4.69, 9.17) is 5.14 Å². The van der Waals surface area contributed by atoms with Crippen molar-refractivity contribution in [1.29, 1.82) is 0 Å². The normalized spacial score (nSPS) is 11.8. The Bertz CT molecular complexity index is 518. The molecule has 0 bridgehead atoms. The second kappa shape index (κ2) is 4.84. The molecule has 0 saturated heterocycles. The van der Waals surface area contributed by atoms with Gasteiger partial charge in [-0.15, -0.1) is 0 Å². The van der Waals surface area contributed by atoms with E-state index in [1.165, 1.54) is 0 Å². The second-order valence-corrected chi connectivity index (χ2v) is 5.40. The number of amides is 1. The minimum Gasteiger partial charge on any atom is -0.348 e. The third-order valence-electron chi connectivity index (χ3n) is 2.06. The molecule has 0 aromatic carbocycles. The van der Waals surface area contributed by atoms with Crippen LogP contribution in [0.3, 0.4) is 0 Å². The first-order valence-electron chi connectivity index (χ1n) is 5.18. The van der Waals surface area contributed by atoms with E-state index in [1.807, 2.05) is 0 Å². The van der Waals surface area contributed by atoms with Crippen molar-refractivity contribution in [2.45, 2.75) is 38.1 Å². The molecule has 0 aliphatic carbocycles. The topological polar surface area (TPSA) is 118 Å². The maximum absolute atomic E-state index is 11.7. The second-order valence-electron chi connectivity index (χ2n) is 3.91. The number of nitrogens with two attached hydrogens (primary N) is 1. The van der Waals surface area contributed by atoms with Gasteiger partial charge in [-0.2, -0.15) is 5.10 Å². The molecule has 1 rings (SSSR count). The standard InChI is InChI=1S/C9H16N4O3S/c1-4-6-8(17(10,15)16)7(13-12-6)9(14)11-5(2)3/h5H,4H2,1-3H3,(H,11,14)(H,12,13)(H2,10,15,16).